The van der Waals surface area contributed by atoms with Crippen LogP contribution in [0.3, 0.4) is 0 Å². The van der Waals surface area contributed by atoms with Crippen LogP contribution in [0.5, 0.6) is 0 Å². The van der Waals surface area contributed by atoms with Gasteiger partial charge < -0.3 is 14.2 Å². The van der Waals surface area contributed by atoms with E-state index in [2.05, 4.69) is 5.16 Å². The Bertz CT molecular complexity index is 1010. The third kappa shape index (κ3) is 4.37. The molecule has 148 valence electrons. The van der Waals surface area contributed by atoms with Crippen molar-refractivity contribution in [2.45, 2.75) is 26.0 Å². The van der Waals surface area contributed by atoms with Crippen LogP contribution in [0.1, 0.15) is 33.7 Å². The highest BCUT2D eigenvalue weighted by Gasteiger charge is 2.28. The van der Waals surface area contributed by atoms with Gasteiger partial charge in [-0.25, -0.2) is 4.39 Å². The van der Waals surface area contributed by atoms with Gasteiger partial charge in [0.2, 0.25) is 0 Å². The Morgan fingerprint density at radius 2 is 1.93 bits per heavy atom. The standard InChI is InChI=1S/C23H21FN2O3/c1-16-5-2-3-6-20(16)21-13-19(29-25-21)15-26(23(27)22-7-4-12-28-22)14-17-8-10-18(24)11-9-17/h2-12,19H,13-15H2,1H3. The minimum Gasteiger partial charge on any atom is -0.459 e. The van der Waals surface area contributed by atoms with Crippen molar-refractivity contribution in [2.75, 3.05) is 6.54 Å². The van der Waals surface area contributed by atoms with E-state index in [1.54, 1.807) is 29.2 Å². The zero-order valence-electron chi connectivity index (χ0n) is 16.0. The number of oxime groups is 1. The van der Waals surface area contributed by atoms with Crippen LogP contribution in [0.4, 0.5) is 4.39 Å². The fourth-order valence-corrected chi connectivity index (χ4v) is 3.41. The Labute approximate surface area is 168 Å². The van der Waals surface area contributed by atoms with Crippen molar-refractivity contribution < 1.29 is 18.4 Å². The van der Waals surface area contributed by atoms with Gasteiger partial charge in [-0.2, -0.15) is 0 Å². The minimum atomic E-state index is -0.312. The van der Waals surface area contributed by atoms with E-state index < -0.39 is 0 Å². The topological polar surface area (TPSA) is 55.0 Å². The molecule has 1 aromatic heterocycles. The largest absolute Gasteiger partial charge is 0.459 e. The van der Waals surface area contributed by atoms with Crippen LogP contribution >= 0.6 is 0 Å². The van der Waals surface area contributed by atoms with E-state index in [-0.39, 0.29) is 23.6 Å². The third-order valence-corrected chi connectivity index (χ3v) is 4.92. The van der Waals surface area contributed by atoms with E-state index in [1.165, 1.54) is 18.4 Å². The Kier molecular flexibility index (Phi) is 5.42. The van der Waals surface area contributed by atoms with E-state index in [9.17, 15) is 9.18 Å². The van der Waals surface area contributed by atoms with Crippen LogP contribution in [-0.4, -0.2) is 29.2 Å². The summed E-state index contributed by atoms with van der Waals surface area (Å²) in [5.41, 5.74) is 3.88. The van der Waals surface area contributed by atoms with Crippen molar-refractivity contribution in [3.8, 4) is 0 Å². The molecule has 0 bridgehead atoms. The second-order valence-electron chi connectivity index (χ2n) is 7.07. The molecular weight excluding hydrogens is 371 g/mol. The molecule has 1 atom stereocenters. The molecule has 1 aliphatic rings. The molecule has 2 heterocycles. The van der Waals surface area contributed by atoms with E-state index in [0.717, 1.165) is 22.4 Å². The van der Waals surface area contributed by atoms with Crippen LogP contribution in [0, 0.1) is 12.7 Å². The molecule has 4 rings (SSSR count). The monoisotopic (exact) mass is 392 g/mol. The number of halogens is 1. The van der Waals surface area contributed by atoms with Crippen LogP contribution in [0.15, 0.2) is 76.5 Å². The first-order valence-electron chi connectivity index (χ1n) is 9.46. The molecule has 0 saturated heterocycles. The molecule has 0 saturated carbocycles. The van der Waals surface area contributed by atoms with Gasteiger partial charge in [0, 0.05) is 18.5 Å². The molecule has 29 heavy (non-hydrogen) atoms. The zero-order valence-corrected chi connectivity index (χ0v) is 16.0. The highest BCUT2D eigenvalue weighted by atomic mass is 19.1. The van der Waals surface area contributed by atoms with E-state index in [0.29, 0.717) is 19.5 Å². The molecular formula is C23H21FN2O3. The molecule has 0 radical (unpaired) electrons. The Hall–Kier alpha value is -3.41. The van der Waals surface area contributed by atoms with Crippen molar-refractivity contribution in [1.29, 1.82) is 0 Å². The summed E-state index contributed by atoms with van der Waals surface area (Å²) < 4.78 is 18.5. The number of carbonyl (C=O) groups excluding carboxylic acids is 1. The van der Waals surface area contributed by atoms with Crippen molar-refractivity contribution in [3.63, 3.8) is 0 Å². The second-order valence-corrected chi connectivity index (χ2v) is 7.07. The maximum Gasteiger partial charge on any atom is 0.289 e. The van der Waals surface area contributed by atoms with Crippen molar-refractivity contribution >= 4 is 11.6 Å². The first kappa shape index (κ1) is 18.9. The normalized spacial score (nSPS) is 15.7. The van der Waals surface area contributed by atoms with Gasteiger partial charge in [0.05, 0.1) is 18.5 Å². The fourth-order valence-electron chi connectivity index (χ4n) is 3.41. The van der Waals surface area contributed by atoms with Gasteiger partial charge in [0.1, 0.15) is 5.82 Å². The van der Waals surface area contributed by atoms with Gasteiger partial charge in [-0.3, -0.25) is 4.79 Å². The summed E-state index contributed by atoms with van der Waals surface area (Å²) in [6.07, 6.45) is 1.81. The number of carbonyl (C=O) groups is 1. The molecule has 1 amide bonds. The summed E-state index contributed by atoms with van der Waals surface area (Å²) >= 11 is 0. The summed E-state index contributed by atoms with van der Waals surface area (Å²) in [6, 6.07) is 17.4. The van der Waals surface area contributed by atoms with Gasteiger partial charge >= 0.3 is 0 Å². The number of aryl methyl sites for hydroxylation is 1. The molecule has 5 nitrogen and oxygen atoms in total. The number of furan rings is 1. The van der Waals surface area contributed by atoms with Crippen molar-refractivity contribution in [1.82, 2.24) is 4.90 Å². The van der Waals surface area contributed by atoms with Crippen LogP contribution in [0.2, 0.25) is 0 Å². The predicted molar refractivity (Wildman–Crippen MR) is 107 cm³/mol. The number of benzene rings is 2. The Morgan fingerprint density at radius 1 is 1.14 bits per heavy atom. The van der Waals surface area contributed by atoms with Gasteiger partial charge in [0.15, 0.2) is 11.9 Å². The molecule has 2 aromatic carbocycles. The lowest BCUT2D eigenvalue weighted by Gasteiger charge is -2.24. The average Bonchev–Trinajstić information content (AvgIpc) is 3.41. The van der Waals surface area contributed by atoms with Gasteiger partial charge in [-0.15, -0.1) is 0 Å². The number of rotatable bonds is 6. The smallest absolute Gasteiger partial charge is 0.289 e. The van der Waals surface area contributed by atoms with Gasteiger partial charge in [-0.05, 0) is 42.3 Å². The summed E-state index contributed by atoms with van der Waals surface area (Å²) in [7, 11) is 0. The summed E-state index contributed by atoms with van der Waals surface area (Å²) in [6.45, 7) is 2.70. The van der Waals surface area contributed by atoms with E-state index in [4.69, 9.17) is 9.25 Å². The van der Waals surface area contributed by atoms with Crippen LogP contribution in [-0.2, 0) is 11.4 Å². The number of hydrogen-bond donors (Lipinski definition) is 0. The molecule has 0 N–H and O–H groups in total. The summed E-state index contributed by atoms with van der Waals surface area (Å²) in [5, 5.41) is 4.25. The average molecular weight is 392 g/mol. The molecule has 6 heteroatoms. The zero-order chi connectivity index (χ0) is 20.2. The van der Waals surface area contributed by atoms with Gasteiger partial charge in [-0.1, -0.05) is 41.6 Å². The molecule has 0 fully saturated rings. The SMILES string of the molecule is Cc1ccccc1C1=NOC(CN(Cc2ccc(F)cc2)C(=O)c2ccco2)C1. The highest BCUT2D eigenvalue weighted by molar-refractivity contribution is 6.02. The van der Waals surface area contributed by atoms with E-state index >= 15 is 0 Å². The molecule has 3 aromatic rings. The fraction of sp³-hybridized carbons (Fsp3) is 0.217. The van der Waals surface area contributed by atoms with E-state index in [1.807, 2.05) is 31.2 Å². The summed E-state index contributed by atoms with van der Waals surface area (Å²) in [4.78, 5) is 20.2. The first-order chi connectivity index (χ1) is 14.1. The molecule has 0 aliphatic carbocycles. The Balaban J connectivity index is 1.49. The van der Waals surface area contributed by atoms with Crippen LogP contribution in [0.25, 0.3) is 0 Å². The number of amides is 1. The molecule has 1 aliphatic heterocycles. The maximum atomic E-state index is 13.2. The lowest BCUT2D eigenvalue weighted by molar-refractivity contribution is 0.0387. The number of nitrogens with zero attached hydrogens (tertiary/aromatic N) is 2. The predicted octanol–water partition coefficient (Wildman–Crippen LogP) is 4.56. The minimum absolute atomic E-state index is 0.243. The molecule has 0 spiro atoms. The Morgan fingerprint density at radius 3 is 2.66 bits per heavy atom. The highest BCUT2D eigenvalue weighted by Crippen LogP contribution is 2.21. The maximum absolute atomic E-state index is 13.2. The van der Waals surface area contributed by atoms with Crippen molar-refractivity contribution in [2.24, 2.45) is 5.16 Å². The lowest BCUT2D eigenvalue weighted by atomic mass is 10.00. The molecule has 1 unspecified atom stereocenters. The second kappa shape index (κ2) is 8.31. The number of hydrogen-bond acceptors (Lipinski definition) is 4. The van der Waals surface area contributed by atoms with Crippen LogP contribution < -0.4 is 0 Å². The van der Waals surface area contributed by atoms with Gasteiger partial charge in [0.25, 0.3) is 5.91 Å². The van der Waals surface area contributed by atoms with Crippen molar-refractivity contribution in [3.05, 3.63) is 95.2 Å². The first-order valence-corrected chi connectivity index (χ1v) is 9.46. The quantitative estimate of drug-likeness (QED) is 0.618. The summed E-state index contributed by atoms with van der Waals surface area (Å²) in [5.74, 6) is -0.300. The lowest BCUT2D eigenvalue weighted by Crippen LogP contribution is -2.37. The third-order valence-electron chi connectivity index (χ3n) is 4.92.